The summed E-state index contributed by atoms with van der Waals surface area (Å²) in [6, 6.07) is 13.2. The van der Waals surface area contributed by atoms with Crippen LogP contribution >= 0.6 is 0 Å². The van der Waals surface area contributed by atoms with E-state index in [9.17, 15) is 18.0 Å². The number of nitrogens with one attached hydrogen (secondary N) is 2. The van der Waals surface area contributed by atoms with Crippen LogP contribution in [0.4, 0.5) is 36.2 Å². The van der Waals surface area contributed by atoms with E-state index in [2.05, 4.69) is 25.6 Å². The Balaban J connectivity index is 1.56. The van der Waals surface area contributed by atoms with E-state index in [-0.39, 0.29) is 16.9 Å². The number of hydrogen-bond donors (Lipinski definition) is 3. The van der Waals surface area contributed by atoms with Crippen LogP contribution < -0.4 is 16.4 Å². The number of aromatic nitrogens is 3. The molecule has 0 aliphatic carbocycles. The molecule has 0 aliphatic heterocycles. The van der Waals surface area contributed by atoms with Gasteiger partial charge in [0.2, 0.25) is 5.95 Å². The Morgan fingerprint density at radius 3 is 2.59 bits per heavy atom. The van der Waals surface area contributed by atoms with Crippen molar-refractivity contribution in [3.8, 4) is 11.3 Å². The first-order chi connectivity index (χ1) is 16.2. The molecule has 0 radical (unpaired) electrons. The van der Waals surface area contributed by atoms with Crippen LogP contribution in [-0.4, -0.2) is 20.9 Å². The molecule has 10 heteroatoms. The van der Waals surface area contributed by atoms with Crippen molar-refractivity contribution in [2.75, 3.05) is 16.4 Å². The number of rotatable bonds is 5. The van der Waals surface area contributed by atoms with Crippen LogP contribution in [0.2, 0.25) is 0 Å². The second kappa shape index (κ2) is 9.18. The first kappa shape index (κ1) is 22.7. The van der Waals surface area contributed by atoms with Gasteiger partial charge in [-0.05, 0) is 61.0 Å². The molecule has 0 saturated heterocycles. The molecule has 0 fully saturated rings. The highest BCUT2D eigenvalue weighted by molar-refractivity contribution is 6.05. The van der Waals surface area contributed by atoms with Crippen molar-refractivity contribution >= 4 is 28.9 Å². The number of halogens is 3. The molecule has 0 atom stereocenters. The van der Waals surface area contributed by atoms with Crippen molar-refractivity contribution in [1.82, 2.24) is 15.0 Å². The molecule has 1 amide bonds. The van der Waals surface area contributed by atoms with Gasteiger partial charge in [-0.25, -0.2) is 9.97 Å². The van der Waals surface area contributed by atoms with Crippen LogP contribution in [0.15, 0.2) is 73.2 Å². The van der Waals surface area contributed by atoms with Crippen LogP contribution in [0.1, 0.15) is 21.5 Å². The standard InChI is InChI=1S/C24H19F3N6O/c1-14-4-5-15(22(34)31-19-11-17(24(25,26)27)10-18(28)12-19)9-21(14)33-23-30-8-6-20(32-23)16-3-2-7-29-13-16/h2-13H,28H2,1H3,(H,31,34)(H,30,32,33). The SMILES string of the molecule is Cc1ccc(C(=O)Nc2cc(N)cc(C(F)(F)F)c2)cc1Nc1nccc(-c2cccnc2)n1. The zero-order valence-corrected chi connectivity index (χ0v) is 17.9. The van der Waals surface area contributed by atoms with Gasteiger partial charge in [-0.3, -0.25) is 9.78 Å². The maximum Gasteiger partial charge on any atom is 0.416 e. The number of aryl methyl sites for hydroxylation is 1. The molecule has 172 valence electrons. The number of nitrogen functional groups attached to an aromatic ring is 1. The average Bonchev–Trinajstić information content (AvgIpc) is 2.80. The van der Waals surface area contributed by atoms with Gasteiger partial charge in [-0.1, -0.05) is 6.07 Å². The van der Waals surface area contributed by atoms with Gasteiger partial charge in [-0.2, -0.15) is 13.2 Å². The van der Waals surface area contributed by atoms with E-state index >= 15 is 0 Å². The van der Waals surface area contributed by atoms with E-state index in [1.54, 1.807) is 48.9 Å². The average molecular weight is 464 g/mol. The van der Waals surface area contributed by atoms with E-state index in [4.69, 9.17) is 5.73 Å². The Morgan fingerprint density at radius 2 is 1.85 bits per heavy atom. The van der Waals surface area contributed by atoms with Crippen molar-refractivity contribution in [2.45, 2.75) is 13.1 Å². The Kier molecular flexibility index (Phi) is 6.13. The van der Waals surface area contributed by atoms with Crippen molar-refractivity contribution < 1.29 is 18.0 Å². The lowest BCUT2D eigenvalue weighted by atomic mass is 10.1. The van der Waals surface area contributed by atoms with Crippen molar-refractivity contribution in [2.24, 2.45) is 0 Å². The molecule has 34 heavy (non-hydrogen) atoms. The minimum Gasteiger partial charge on any atom is -0.399 e. The van der Waals surface area contributed by atoms with Crippen molar-refractivity contribution in [1.29, 1.82) is 0 Å². The summed E-state index contributed by atoms with van der Waals surface area (Å²) in [5.74, 6) is -0.278. The van der Waals surface area contributed by atoms with Gasteiger partial charge in [0.15, 0.2) is 0 Å². The lowest BCUT2D eigenvalue weighted by Gasteiger charge is -2.13. The fourth-order valence-electron chi connectivity index (χ4n) is 3.20. The molecule has 0 unspecified atom stereocenters. The van der Waals surface area contributed by atoms with Gasteiger partial charge in [0, 0.05) is 46.8 Å². The van der Waals surface area contributed by atoms with E-state index in [0.717, 1.165) is 23.3 Å². The van der Waals surface area contributed by atoms with Crippen LogP contribution in [0.3, 0.4) is 0 Å². The molecule has 4 aromatic rings. The maximum absolute atomic E-state index is 13.1. The normalized spacial score (nSPS) is 11.2. The monoisotopic (exact) mass is 464 g/mol. The lowest BCUT2D eigenvalue weighted by molar-refractivity contribution is -0.137. The topological polar surface area (TPSA) is 106 Å². The summed E-state index contributed by atoms with van der Waals surface area (Å²) in [5.41, 5.74) is 7.56. The largest absolute Gasteiger partial charge is 0.416 e. The number of carbonyl (C=O) groups is 1. The number of anilines is 4. The summed E-state index contributed by atoms with van der Waals surface area (Å²) in [6.45, 7) is 1.84. The number of carbonyl (C=O) groups excluding carboxylic acids is 1. The second-order valence-corrected chi connectivity index (χ2v) is 7.46. The number of benzene rings is 2. The third-order valence-electron chi connectivity index (χ3n) is 4.90. The van der Waals surface area contributed by atoms with Crippen molar-refractivity contribution in [3.05, 3.63) is 89.9 Å². The molecule has 2 heterocycles. The van der Waals surface area contributed by atoms with Gasteiger partial charge in [0.1, 0.15) is 0 Å². The van der Waals surface area contributed by atoms with Gasteiger partial charge in [-0.15, -0.1) is 0 Å². The molecule has 4 N–H and O–H groups in total. The predicted octanol–water partition coefficient (Wildman–Crippen LogP) is 5.44. The highest BCUT2D eigenvalue weighted by Crippen LogP contribution is 2.33. The number of nitrogens with zero attached hydrogens (tertiary/aromatic N) is 3. The third-order valence-corrected chi connectivity index (χ3v) is 4.90. The number of hydrogen-bond acceptors (Lipinski definition) is 6. The number of nitrogens with two attached hydrogens (primary N) is 1. The Bertz CT molecular complexity index is 1340. The van der Waals surface area contributed by atoms with Crippen LogP contribution in [-0.2, 0) is 6.18 Å². The minimum absolute atomic E-state index is 0.0556. The van der Waals surface area contributed by atoms with Gasteiger partial charge in [0.25, 0.3) is 5.91 Å². The molecule has 0 aliphatic rings. The van der Waals surface area contributed by atoms with Gasteiger partial charge in [0.05, 0.1) is 11.3 Å². The molecule has 7 nitrogen and oxygen atoms in total. The molecule has 0 bridgehead atoms. The number of pyridine rings is 1. The highest BCUT2D eigenvalue weighted by atomic mass is 19.4. The predicted molar refractivity (Wildman–Crippen MR) is 124 cm³/mol. The van der Waals surface area contributed by atoms with E-state index in [0.29, 0.717) is 17.3 Å². The Labute approximate surface area is 192 Å². The van der Waals surface area contributed by atoms with Crippen LogP contribution in [0.5, 0.6) is 0 Å². The van der Waals surface area contributed by atoms with Crippen LogP contribution in [0.25, 0.3) is 11.3 Å². The third kappa shape index (κ3) is 5.29. The fourth-order valence-corrected chi connectivity index (χ4v) is 3.20. The Morgan fingerprint density at radius 1 is 1.03 bits per heavy atom. The molecule has 0 spiro atoms. The highest BCUT2D eigenvalue weighted by Gasteiger charge is 2.31. The van der Waals surface area contributed by atoms with Gasteiger partial charge >= 0.3 is 6.18 Å². The Hall–Kier alpha value is -4.47. The van der Waals surface area contributed by atoms with E-state index < -0.39 is 17.6 Å². The first-order valence-electron chi connectivity index (χ1n) is 10.1. The second-order valence-electron chi connectivity index (χ2n) is 7.46. The zero-order valence-electron chi connectivity index (χ0n) is 17.9. The summed E-state index contributed by atoms with van der Waals surface area (Å²) in [5, 5.41) is 5.56. The quantitative estimate of drug-likeness (QED) is 0.340. The number of alkyl halides is 3. The van der Waals surface area contributed by atoms with E-state index in [1.165, 1.54) is 6.07 Å². The smallest absolute Gasteiger partial charge is 0.399 e. The number of amides is 1. The summed E-state index contributed by atoms with van der Waals surface area (Å²) >= 11 is 0. The fraction of sp³-hybridized carbons (Fsp3) is 0.0833. The summed E-state index contributed by atoms with van der Waals surface area (Å²) < 4.78 is 39.2. The minimum atomic E-state index is -4.58. The lowest BCUT2D eigenvalue weighted by Crippen LogP contribution is -2.14. The van der Waals surface area contributed by atoms with E-state index in [1.807, 2.05) is 13.0 Å². The van der Waals surface area contributed by atoms with Crippen LogP contribution in [0, 0.1) is 6.92 Å². The van der Waals surface area contributed by atoms with Crippen molar-refractivity contribution in [3.63, 3.8) is 0 Å². The summed E-state index contributed by atoms with van der Waals surface area (Å²) in [4.78, 5) is 25.5. The molecular weight excluding hydrogens is 445 g/mol. The molecule has 0 saturated carbocycles. The zero-order chi connectivity index (χ0) is 24.3. The van der Waals surface area contributed by atoms with Gasteiger partial charge < -0.3 is 16.4 Å². The molecule has 2 aromatic carbocycles. The molecular formula is C24H19F3N6O. The molecule has 2 aromatic heterocycles. The summed E-state index contributed by atoms with van der Waals surface area (Å²) in [7, 11) is 0. The molecule has 4 rings (SSSR count). The first-order valence-corrected chi connectivity index (χ1v) is 10.1. The summed E-state index contributed by atoms with van der Waals surface area (Å²) in [6.07, 6.45) is 0.363. The maximum atomic E-state index is 13.1.